The van der Waals surface area contributed by atoms with Gasteiger partial charge in [-0.1, -0.05) is 11.8 Å². The van der Waals surface area contributed by atoms with Crippen LogP contribution in [0.4, 0.5) is 5.69 Å². The number of fused-ring (bicyclic) bond motifs is 2. The van der Waals surface area contributed by atoms with Crippen molar-refractivity contribution in [2.24, 2.45) is 4.99 Å². The minimum atomic E-state index is -1.01. The Morgan fingerprint density at radius 2 is 1.43 bits per heavy atom. The van der Waals surface area contributed by atoms with Crippen LogP contribution in [-0.4, -0.2) is 112 Å². The predicted molar refractivity (Wildman–Crippen MR) is 149 cm³/mol. The van der Waals surface area contributed by atoms with Crippen molar-refractivity contribution >= 4 is 40.5 Å². The molecule has 0 bridgehead atoms. The molecule has 4 rings (SSSR count). The molecule has 3 aliphatic heterocycles. The van der Waals surface area contributed by atoms with E-state index in [4.69, 9.17) is 42.6 Å². The van der Waals surface area contributed by atoms with E-state index in [0.29, 0.717) is 75.2 Å². The van der Waals surface area contributed by atoms with E-state index >= 15 is 0 Å². The van der Waals surface area contributed by atoms with Gasteiger partial charge in [0.15, 0.2) is 35.1 Å². The van der Waals surface area contributed by atoms with Crippen LogP contribution in [-0.2, 0) is 47.5 Å². The zero-order chi connectivity index (χ0) is 29.9. The second-order valence-corrected chi connectivity index (χ2v) is 10.5. The molecule has 0 radical (unpaired) electrons. The number of anilines is 1. The summed E-state index contributed by atoms with van der Waals surface area (Å²) in [6.45, 7) is 6.82. The van der Waals surface area contributed by atoms with Crippen LogP contribution in [0.25, 0.3) is 0 Å². The number of amidine groups is 1. The Morgan fingerprint density at radius 3 is 2.05 bits per heavy atom. The van der Waals surface area contributed by atoms with Gasteiger partial charge in [-0.3, -0.25) is 14.4 Å². The van der Waals surface area contributed by atoms with Crippen molar-refractivity contribution in [3.05, 3.63) is 18.2 Å². The molecule has 0 aromatic heterocycles. The quantitative estimate of drug-likeness (QED) is 0.377. The number of hydrogen-bond donors (Lipinski definition) is 1. The molecule has 5 atom stereocenters. The van der Waals surface area contributed by atoms with E-state index in [0.717, 1.165) is 0 Å². The van der Waals surface area contributed by atoms with Gasteiger partial charge in [0, 0.05) is 32.5 Å². The van der Waals surface area contributed by atoms with Crippen LogP contribution in [0.3, 0.4) is 0 Å². The molecule has 0 aliphatic carbocycles. The van der Waals surface area contributed by atoms with Gasteiger partial charge in [-0.05, 0) is 12.1 Å². The summed E-state index contributed by atoms with van der Waals surface area (Å²) in [4.78, 5) is 40.0. The van der Waals surface area contributed by atoms with Gasteiger partial charge in [0.1, 0.15) is 25.9 Å². The Balaban J connectivity index is 1.49. The third kappa shape index (κ3) is 9.46. The van der Waals surface area contributed by atoms with Crippen molar-refractivity contribution < 1.29 is 57.0 Å². The summed E-state index contributed by atoms with van der Waals surface area (Å²) < 4.78 is 50.6. The van der Waals surface area contributed by atoms with Crippen LogP contribution in [0.15, 0.2) is 23.2 Å². The predicted octanol–water partition coefficient (Wildman–Crippen LogP) is 1.54. The normalized spacial score (nSPS) is 26.8. The van der Waals surface area contributed by atoms with Crippen LogP contribution in [0.1, 0.15) is 20.8 Å². The van der Waals surface area contributed by atoms with E-state index in [9.17, 15) is 14.4 Å². The fourth-order valence-electron chi connectivity index (χ4n) is 4.36. The highest BCUT2D eigenvalue weighted by Crippen LogP contribution is 2.40. The molecule has 0 saturated carbocycles. The summed E-state index contributed by atoms with van der Waals surface area (Å²) in [7, 11) is 0. The Bertz CT molecular complexity index is 1120. The molecule has 3 aliphatic rings. The van der Waals surface area contributed by atoms with Gasteiger partial charge in [-0.2, -0.15) is 0 Å². The number of benzene rings is 1. The molecule has 232 valence electrons. The minimum absolute atomic E-state index is 0.207. The number of nitrogens with one attached hydrogen (secondary N) is 1. The summed E-state index contributed by atoms with van der Waals surface area (Å²) in [6.07, 6.45) is -3.58. The molecule has 1 saturated heterocycles. The number of carbonyl (C=O) groups is 3. The number of thioether (sulfide) groups is 1. The van der Waals surface area contributed by atoms with Crippen molar-refractivity contribution in [2.45, 2.75) is 50.6 Å². The van der Waals surface area contributed by atoms with E-state index in [1.165, 1.54) is 32.5 Å². The molecule has 0 amide bonds. The Kier molecular flexibility index (Phi) is 12.1. The summed E-state index contributed by atoms with van der Waals surface area (Å²) in [6, 6.07) is 5.36. The van der Waals surface area contributed by atoms with Crippen LogP contribution in [0.5, 0.6) is 11.5 Å². The topological polar surface area (TPSA) is 159 Å². The maximum Gasteiger partial charge on any atom is 0.303 e. The fourth-order valence-corrected chi connectivity index (χ4v) is 5.54. The van der Waals surface area contributed by atoms with Gasteiger partial charge < -0.3 is 47.9 Å². The number of esters is 3. The van der Waals surface area contributed by atoms with Crippen molar-refractivity contribution in [3.8, 4) is 11.5 Å². The summed E-state index contributed by atoms with van der Waals surface area (Å²) >= 11 is 1.28. The smallest absolute Gasteiger partial charge is 0.303 e. The number of nitrogens with zero attached hydrogens (tertiary/aromatic N) is 1. The van der Waals surface area contributed by atoms with Gasteiger partial charge in [0.25, 0.3) is 0 Å². The zero-order valence-corrected chi connectivity index (χ0v) is 24.6. The van der Waals surface area contributed by atoms with Gasteiger partial charge in [-0.25, -0.2) is 4.99 Å². The SMILES string of the molecule is CC(=O)OC[C@H]1O[C@@H]2N=C(Nc3ccc4c(c3)OCCOCCOCCOCCO4)S[C@@H]2[C@@H](OC(C)=O)[C@@H]1OC(C)=O. The van der Waals surface area contributed by atoms with Gasteiger partial charge >= 0.3 is 17.9 Å². The maximum absolute atomic E-state index is 12.0. The second-order valence-electron chi connectivity index (χ2n) is 9.35. The molecule has 1 aromatic rings. The first kappa shape index (κ1) is 31.8. The minimum Gasteiger partial charge on any atom is -0.487 e. The largest absolute Gasteiger partial charge is 0.487 e. The zero-order valence-electron chi connectivity index (χ0n) is 23.7. The summed E-state index contributed by atoms with van der Waals surface area (Å²) in [5, 5.41) is 3.19. The van der Waals surface area contributed by atoms with Crippen LogP contribution in [0, 0.1) is 0 Å². The molecule has 1 aromatic carbocycles. The lowest BCUT2D eigenvalue weighted by atomic mass is 10.00. The highest BCUT2D eigenvalue weighted by atomic mass is 32.2. The average molecular weight is 613 g/mol. The Morgan fingerprint density at radius 1 is 0.833 bits per heavy atom. The van der Waals surface area contributed by atoms with Crippen molar-refractivity contribution in [3.63, 3.8) is 0 Å². The second kappa shape index (κ2) is 15.9. The number of carbonyl (C=O) groups excluding carboxylic acids is 3. The molecule has 1 N–H and O–H groups in total. The molecule has 14 nitrogen and oxygen atoms in total. The van der Waals surface area contributed by atoms with E-state index in [2.05, 4.69) is 10.3 Å². The highest BCUT2D eigenvalue weighted by molar-refractivity contribution is 8.15. The number of hydrogen-bond acceptors (Lipinski definition) is 15. The molecule has 42 heavy (non-hydrogen) atoms. The van der Waals surface area contributed by atoms with Crippen molar-refractivity contribution in [1.29, 1.82) is 0 Å². The van der Waals surface area contributed by atoms with Crippen LogP contribution < -0.4 is 14.8 Å². The summed E-state index contributed by atoms with van der Waals surface area (Å²) in [5.41, 5.74) is 0.655. The van der Waals surface area contributed by atoms with E-state index < -0.39 is 47.7 Å². The molecule has 15 heteroatoms. The maximum atomic E-state index is 12.0. The number of rotatable bonds is 5. The van der Waals surface area contributed by atoms with Crippen molar-refractivity contribution in [1.82, 2.24) is 0 Å². The Hall–Kier alpha value is -3.11. The lowest BCUT2D eigenvalue weighted by Gasteiger charge is -2.41. The van der Waals surface area contributed by atoms with E-state index in [1.807, 2.05) is 6.07 Å². The highest BCUT2D eigenvalue weighted by Gasteiger charge is 2.53. The fraction of sp³-hybridized carbons (Fsp3) is 0.630. The van der Waals surface area contributed by atoms with Crippen LogP contribution >= 0.6 is 11.8 Å². The molecular weight excluding hydrogens is 576 g/mol. The standard InChI is InChI=1S/C27H36N2O12S/c1-16(30)38-15-22-23(39-17(2)31)24(40-18(3)32)25-26(41-22)29-27(42-25)28-19-4-5-20-21(14-19)37-13-11-35-9-7-33-6-8-34-10-12-36-20/h4-5,14,22-26H,6-13,15H2,1-3H3,(H,28,29)/t22-,23-,24+,25-,26+/m1/s1. The van der Waals surface area contributed by atoms with Crippen molar-refractivity contribution in [2.75, 3.05) is 64.8 Å². The molecule has 0 unspecified atom stereocenters. The third-order valence-corrected chi connectivity index (χ3v) is 7.27. The lowest BCUT2D eigenvalue weighted by Crippen LogP contribution is -2.58. The molecule has 3 heterocycles. The molecule has 0 spiro atoms. The van der Waals surface area contributed by atoms with E-state index in [1.54, 1.807) is 12.1 Å². The van der Waals surface area contributed by atoms with Crippen LogP contribution in [0.2, 0.25) is 0 Å². The number of aliphatic imine (C=N–C) groups is 1. The average Bonchev–Trinajstić information content (AvgIpc) is 3.33. The monoisotopic (exact) mass is 612 g/mol. The first-order valence-corrected chi connectivity index (χ1v) is 14.5. The van der Waals surface area contributed by atoms with E-state index in [-0.39, 0.29) is 6.61 Å². The lowest BCUT2D eigenvalue weighted by molar-refractivity contribution is -0.210. The van der Waals surface area contributed by atoms with Gasteiger partial charge in [0.2, 0.25) is 0 Å². The van der Waals surface area contributed by atoms with Gasteiger partial charge in [-0.15, -0.1) is 0 Å². The molecule has 1 fully saturated rings. The van der Waals surface area contributed by atoms with Gasteiger partial charge in [0.05, 0.1) is 44.9 Å². The first-order chi connectivity index (χ1) is 20.3. The third-order valence-electron chi connectivity index (χ3n) is 6.07. The Labute approximate surface area is 247 Å². The number of ether oxygens (including phenoxy) is 9. The molecular formula is C27H36N2O12S. The first-order valence-electron chi connectivity index (χ1n) is 13.6. The summed E-state index contributed by atoms with van der Waals surface area (Å²) in [5.74, 6) is -0.647.